The van der Waals surface area contributed by atoms with Crippen molar-refractivity contribution in [3.05, 3.63) is 23.9 Å². The van der Waals surface area contributed by atoms with Crippen molar-refractivity contribution in [2.24, 2.45) is 5.92 Å². The van der Waals surface area contributed by atoms with Crippen molar-refractivity contribution in [1.29, 1.82) is 0 Å². The van der Waals surface area contributed by atoms with E-state index in [0.29, 0.717) is 13.0 Å². The molecule has 64 valence electrons. The largest absolute Gasteiger partial charge is 0.481 e. The summed E-state index contributed by atoms with van der Waals surface area (Å²) >= 11 is 0. The minimum absolute atomic E-state index is 0.198. The van der Waals surface area contributed by atoms with E-state index in [1.807, 2.05) is 18.2 Å². The normalized spacial score (nSPS) is 26.8. The van der Waals surface area contributed by atoms with Crippen LogP contribution in [0.3, 0.4) is 0 Å². The zero-order valence-corrected chi connectivity index (χ0v) is 6.73. The molecule has 0 bridgehead atoms. The molecule has 2 rings (SSSR count). The Kier molecular flexibility index (Phi) is 1.64. The Morgan fingerprint density at radius 3 is 3.17 bits per heavy atom. The molecule has 2 aliphatic rings. The van der Waals surface area contributed by atoms with Gasteiger partial charge >= 0.3 is 5.97 Å². The van der Waals surface area contributed by atoms with Crippen molar-refractivity contribution in [1.82, 2.24) is 4.90 Å². The van der Waals surface area contributed by atoms with E-state index in [2.05, 4.69) is 4.90 Å². The van der Waals surface area contributed by atoms with Gasteiger partial charge in [0, 0.05) is 25.2 Å². The highest BCUT2D eigenvalue weighted by Gasteiger charge is 2.30. The molecule has 0 aromatic carbocycles. The van der Waals surface area contributed by atoms with Crippen molar-refractivity contribution < 1.29 is 9.90 Å². The number of hydrogen-bond acceptors (Lipinski definition) is 2. The summed E-state index contributed by atoms with van der Waals surface area (Å²) in [6, 6.07) is 0. The van der Waals surface area contributed by atoms with Gasteiger partial charge in [0.15, 0.2) is 0 Å². The molecule has 1 N–H and O–H groups in total. The van der Waals surface area contributed by atoms with E-state index < -0.39 is 5.97 Å². The maximum atomic E-state index is 10.7. The number of aliphatic carboxylic acids is 1. The van der Waals surface area contributed by atoms with Gasteiger partial charge in [0.1, 0.15) is 0 Å². The average molecular weight is 165 g/mol. The molecule has 0 radical (unpaired) electrons. The number of carboxylic acid groups (broad SMARTS) is 1. The summed E-state index contributed by atoms with van der Waals surface area (Å²) in [7, 11) is 0. The first-order chi connectivity index (χ1) is 5.77. The Balaban J connectivity index is 2.12. The predicted octanol–water partition coefficient (Wildman–Crippen LogP) is 0.847. The molecule has 1 fully saturated rings. The number of carbonyl (C=O) groups is 1. The lowest BCUT2D eigenvalue weighted by Gasteiger charge is -2.19. The van der Waals surface area contributed by atoms with E-state index >= 15 is 0 Å². The van der Waals surface area contributed by atoms with Crippen LogP contribution in [0.1, 0.15) is 6.42 Å². The molecule has 0 spiro atoms. The Morgan fingerprint density at radius 1 is 1.67 bits per heavy atom. The van der Waals surface area contributed by atoms with Crippen LogP contribution in [-0.2, 0) is 4.79 Å². The molecule has 12 heavy (non-hydrogen) atoms. The van der Waals surface area contributed by atoms with Gasteiger partial charge < -0.3 is 10.0 Å². The van der Waals surface area contributed by atoms with Gasteiger partial charge in [-0.2, -0.15) is 0 Å². The fourth-order valence-electron chi connectivity index (χ4n) is 1.73. The van der Waals surface area contributed by atoms with Gasteiger partial charge in [-0.25, -0.2) is 0 Å². The predicted molar refractivity (Wildman–Crippen MR) is 44.5 cm³/mol. The minimum Gasteiger partial charge on any atom is -0.481 e. The van der Waals surface area contributed by atoms with Crippen molar-refractivity contribution in [2.75, 3.05) is 13.1 Å². The summed E-state index contributed by atoms with van der Waals surface area (Å²) in [5, 5.41) is 8.79. The third-order valence-electron chi connectivity index (χ3n) is 2.40. The Morgan fingerprint density at radius 2 is 2.50 bits per heavy atom. The number of fused-ring (bicyclic) bond motifs is 1. The summed E-state index contributed by atoms with van der Waals surface area (Å²) in [5.41, 5.74) is 1.17. The molecule has 0 saturated carbocycles. The second-order valence-electron chi connectivity index (χ2n) is 3.23. The zero-order valence-electron chi connectivity index (χ0n) is 6.73. The van der Waals surface area contributed by atoms with Crippen LogP contribution in [0.25, 0.3) is 0 Å². The maximum absolute atomic E-state index is 10.7. The van der Waals surface area contributed by atoms with Gasteiger partial charge in [-0.1, -0.05) is 12.2 Å². The molecule has 3 nitrogen and oxygen atoms in total. The molecule has 0 aromatic rings. The van der Waals surface area contributed by atoms with E-state index in [4.69, 9.17) is 5.11 Å². The van der Waals surface area contributed by atoms with Gasteiger partial charge in [-0.05, 0) is 6.08 Å². The average Bonchev–Trinajstić information content (AvgIpc) is 2.46. The summed E-state index contributed by atoms with van der Waals surface area (Å²) in [6.07, 6.45) is 6.75. The Hall–Kier alpha value is -1.25. The molecule has 2 aliphatic heterocycles. The van der Waals surface area contributed by atoms with Crippen molar-refractivity contribution >= 4 is 5.97 Å². The van der Waals surface area contributed by atoms with Crippen molar-refractivity contribution in [3.8, 4) is 0 Å². The minimum atomic E-state index is -0.676. The molecule has 1 atom stereocenters. The SMILES string of the molecule is O=C(O)C1CC2=CC=CCN2C1. The number of hydrogen-bond donors (Lipinski definition) is 1. The van der Waals surface area contributed by atoms with E-state index in [1.54, 1.807) is 0 Å². The number of nitrogens with zero attached hydrogens (tertiary/aromatic N) is 1. The monoisotopic (exact) mass is 165 g/mol. The summed E-state index contributed by atoms with van der Waals surface area (Å²) in [6.45, 7) is 1.54. The first-order valence-corrected chi connectivity index (χ1v) is 4.11. The molecule has 2 heterocycles. The maximum Gasteiger partial charge on any atom is 0.308 e. The summed E-state index contributed by atoms with van der Waals surface area (Å²) in [5.74, 6) is -0.874. The lowest BCUT2D eigenvalue weighted by atomic mass is 10.1. The Bertz CT molecular complexity index is 268. The van der Waals surface area contributed by atoms with Gasteiger partial charge in [-0.3, -0.25) is 4.79 Å². The van der Waals surface area contributed by atoms with Crippen LogP contribution in [0.4, 0.5) is 0 Å². The molecular weight excluding hydrogens is 154 g/mol. The fourth-order valence-corrected chi connectivity index (χ4v) is 1.73. The molecule has 1 saturated heterocycles. The van der Waals surface area contributed by atoms with Gasteiger partial charge in [0.2, 0.25) is 0 Å². The molecular formula is C9H11NO2. The number of allylic oxidation sites excluding steroid dienone is 3. The molecule has 0 aliphatic carbocycles. The van der Waals surface area contributed by atoms with E-state index in [0.717, 1.165) is 6.54 Å². The topological polar surface area (TPSA) is 40.5 Å². The van der Waals surface area contributed by atoms with Crippen LogP contribution >= 0.6 is 0 Å². The summed E-state index contributed by atoms with van der Waals surface area (Å²) < 4.78 is 0. The standard InChI is InChI=1S/C9H11NO2/c11-9(12)7-5-8-3-1-2-4-10(8)6-7/h1-3,7H,4-6H2,(H,11,12). The van der Waals surface area contributed by atoms with Crippen molar-refractivity contribution in [3.63, 3.8) is 0 Å². The zero-order chi connectivity index (χ0) is 8.55. The number of rotatable bonds is 1. The molecule has 1 unspecified atom stereocenters. The quantitative estimate of drug-likeness (QED) is 0.626. The first-order valence-electron chi connectivity index (χ1n) is 4.11. The van der Waals surface area contributed by atoms with Crippen molar-refractivity contribution in [2.45, 2.75) is 6.42 Å². The van der Waals surface area contributed by atoms with Crippen LogP contribution < -0.4 is 0 Å². The van der Waals surface area contributed by atoms with Gasteiger partial charge in [-0.15, -0.1) is 0 Å². The molecule has 3 heteroatoms. The third kappa shape index (κ3) is 1.11. The van der Waals surface area contributed by atoms with Crippen LogP contribution in [0.15, 0.2) is 23.9 Å². The second kappa shape index (κ2) is 2.66. The smallest absolute Gasteiger partial charge is 0.308 e. The third-order valence-corrected chi connectivity index (χ3v) is 2.40. The highest BCUT2D eigenvalue weighted by molar-refractivity contribution is 5.71. The van der Waals surface area contributed by atoms with Gasteiger partial charge in [0.05, 0.1) is 5.92 Å². The first kappa shape index (κ1) is 7.40. The van der Waals surface area contributed by atoms with Crippen LogP contribution in [0.2, 0.25) is 0 Å². The van der Waals surface area contributed by atoms with E-state index in [1.165, 1.54) is 5.70 Å². The molecule has 0 amide bonds. The number of carboxylic acids is 1. The fraction of sp³-hybridized carbons (Fsp3) is 0.444. The lowest BCUT2D eigenvalue weighted by Crippen LogP contribution is -2.23. The highest BCUT2D eigenvalue weighted by Crippen LogP contribution is 2.27. The van der Waals surface area contributed by atoms with Gasteiger partial charge in [0.25, 0.3) is 0 Å². The van der Waals surface area contributed by atoms with Crippen LogP contribution in [0, 0.1) is 5.92 Å². The second-order valence-corrected chi connectivity index (χ2v) is 3.23. The summed E-state index contributed by atoms with van der Waals surface area (Å²) in [4.78, 5) is 12.8. The van der Waals surface area contributed by atoms with E-state index in [9.17, 15) is 4.79 Å². The lowest BCUT2D eigenvalue weighted by molar-refractivity contribution is -0.141. The molecule has 0 aromatic heterocycles. The highest BCUT2D eigenvalue weighted by atomic mass is 16.4. The van der Waals surface area contributed by atoms with Crippen LogP contribution in [0.5, 0.6) is 0 Å². The van der Waals surface area contributed by atoms with Crippen LogP contribution in [-0.4, -0.2) is 29.1 Å². The Labute approximate surface area is 71.0 Å². The van der Waals surface area contributed by atoms with E-state index in [-0.39, 0.29) is 5.92 Å².